The van der Waals surface area contributed by atoms with Gasteiger partial charge in [-0.1, -0.05) is 54.6 Å². The third-order valence-corrected chi connectivity index (χ3v) is 4.73. The van der Waals surface area contributed by atoms with Crippen molar-refractivity contribution in [2.24, 2.45) is 0 Å². The molecule has 0 fully saturated rings. The Morgan fingerprint density at radius 3 is 2.43 bits per heavy atom. The van der Waals surface area contributed by atoms with Crippen molar-refractivity contribution in [3.63, 3.8) is 0 Å². The van der Waals surface area contributed by atoms with E-state index in [1.165, 1.54) is 0 Å². The predicted molar refractivity (Wildman–Crippen MR) is 119 cm³/mol. The van der Waals surface area contributed by atoms with Crippen LogP contribution in [0.2, 0.25) is 0 Å². The lowest BCUT2D eigenvalue weighted by molar-refractivity contribution is -0.125. The van der Waals surface area contributed by atoms with Crippen LogP contribution in [0.4, 0.5) is 0 Å². The summed E-state index contributed by atoms with van der Waals surface area (Å²) >= 11 is 0. The zero-order valence-electron chi connectivity index (χ0n) is 16.7. The average molecular weight is 394 g/mol. The second-order valence-corrected chi connectivity index (χ2v) is 6.97. The van der Waals surface area contributed by atoms with Crippen LogP contribution < -0.4 is 0 Å². The van der Waals surface area contributed by atoms with E-state index in [9.17, 15) is 4.79 Å². The fourth-order valence-electron chi connectivity index (χ4n) is 3.17. The molecule has 4 rings (SSSR count). The minimum Gasteiger partial charge on any atom is -0.338 e. The van der Waals surface area contributed by atoms with Crippen LogP contribution in [-0.2, 0) is 11.3 Å². The lowest BCUT2D eigenvalue weighted by Gasteiger charge is -2.14. The van der Waals surface area contributed by atoms with E-state index in [1.54, 1.807) is 30.4 Å². The van der Waals surface area contributed by atoms with Crippen molar-refractivity contribution in [3.8, 4) is 16.9 Å². The van der Waals surface area contributed by atoms with Gasteiger partial charge in [0.2, 0.25) is 5.91 Å². The highest BCUT2D eigenvalue weighted by Gasteiger charge is 2.12. The fourth-order valence-corrected chi connectivity index (χ4v) is 3.17. The number of carbonyl (C=O) groups is 1. The minimum absolute atomic E-state index is 0.0784. The number of rotatable bonds is 6. The van der Waals surface area contributed by atoms with E-state index in [1.807, 2.05) is 89.8 Å². The molecule has 0 atom stereocenters. The van der Waals surface area contributed by atoms with Gasteiger partial charge in [-0.25, -0.2) is 4.68 Å². The van der Waals surface area contributed by atoms with Crippen molar-refractivity contribution in [2.75, 3.05) is 7.05 Å². The van der Waals surface area contributed by atoms with Crippen LogP contribution in [-0.4, -0.2) is 32.6 Å². The van der Waals surface area contributed by atoms with Gasteiger partial charge in [0, 0.05) is 49.4 Å². The summed E-state index contributed by atoms with van der Waals surface area (Å²) in [6.07, 6.45) is 8.86. The fraction of sp³-hybridized carbons (Fsp3) is 0.0800. The van der Waals surface area contributed by atoms with Gasteiger partial charge in [-0.3, -0.25) is 9.78 Å². The molecule has 2 aromatic carbocycles. The van der Waals surface area contributed by atoms with Gasteiger partial charge in [0.25, 0.3) is 0 Å². The van der Waals surface area contributed by atoms with Gasteiger partial charge in [-0.2, -0.15) is 5.10 Å². The molecule has 5 nitrogen and oxygen atoms in total. The van der Waals surface area contributed by atoms with Crippen LogP contribution in [0.1, 0.15) is 11.1 Å². The number of para-hydroxylation sites is 1. The summed E-state index contributed by atoms with van der Waals surface area (Å²) < 4.78 is 1.84. The number of pyridine rings is 1. The molecule has 0 aliphatic carbocycles. The van der Waals surface area contributed by atoms with Crippen molar-refractivity contribution in [3.05, 3.63) is 109 Å². The SMILES string of the molecule is CN(Cc1cccnc1)C(=O)C=Cc1cn(-c2ccccc2)nc1-c1ccccc1. The standard InChI is InChI=1S/C25H22N4O/c1-28(18-20-9-8-16-26-17-20)24(30)15-14-22-19-29(23-12-6-3-7-13-23)27-25(22)21-10-4-2-5-11-21/h2-17,19H,18H2,1H3. The molecule has 0 saturated carbocycles. The Hall–Kier alpha value is -3.99. The van der Waals surface area contributed by atoms with E-state index in [0.29, 0.717) is 6.54 Å². The molecule has 0 unspecified atom stereocenters. The molecular formula is C25H22N4O. The molecule has 30 heavy (non-hydrogen) atoms. The summed E-state index contributed by atoms with van der Waals surface area (Å²) in [5, 5.41) is 4.77. The van der Waals surface area contributed by atoms with Crippen molar-refractivity contribution in [1.29, 1.82) is 0 Å². The quantitative estimate of drug-likeness (QED) is 0.449. The third-order valence-electron chi connectivity index (χ3n) is 4.73. The predicted octanol–water partition coefficient (Wildman–Crippen LogP) is 4.61. The molecule has 2 heterocycles. The van der Waals surface area contributed by atoms with Crippen molar-refractivity contribution in [2.45, 2.75) is 6.54 Å². The molecule has 5 heteroatoms. The highest BCUT2D eigenvalue weighted by Crippen LogP contribution is 2.24. The Balaban J connectivity index is 1.60. The van der Waals surface area contributed by atoms with Crippen LogP contribution in [0.3, 0.4) is 0 Å². The molecule has 0 radical (unpaired) electrons. The van der Waals surface area contributed by atoms with Gasteiger partial charge in [0.15, 0.2) is 0 Å². The Bertz CT molecular complexity index is 1140. The number of likely N-dealkylation sites (N-methyl/N-ethyl adjacent to an activating group) is 1. The Morgan fingerprint density at radius 2 is 1.73 bits per heavy atom. The molecule has 148 valence electrons. The first kappa shape index (κ1) is 19.3. The molecule has 0 bridgehead atoms. The number of hydrogen-bond acceptors (Lipinski definition) is 3. The van der Waals surface area contributed by atoms with Gasteiger partial charge < -0.3 is 4.90 Å². The Morgan fingerprint density at radius 1 is 1.00 bits per heavy atom. The topological polar surface area (TPSA) is 51.0 Å². The number of benzene rings is 2. The summed E-state index contributed by atoms with van der Waals surface area (Å²) in [4.78, 5) is 18.4. The van der Waals surface area contributed by atoms with Gasteiger partial charge in [-0.15, -0.1) is 0 Å². The normalized spacial score (nSPS) is 11.0. The third kappa shape index (κ3) is 4.52. The summed E-state index contributed by atoms with van der Waals surface area (Å²) in [5.41, 5.74) is 4.67. The first-order valence-electron chi connectivity index (χ1n) is 9.73. The highest BCUT2D eigenvalue weighted by atomic mass is 16.2. The summed E-state index contributed by atoms with van der Waals surface area (Å²) in [6.45, 7) is 0.506. The largest absolute Gasteiger partial charge is 0.338 e. The summed E-state index contributed by atoms with van der Waals surface area (Å²) in [6, 6.07) is 23.7. The van der Waals surface area contributed by atoms with Crippen LogP contribution in [0.5, 0.6) is 0 Å². The van der Waals surface area contributed by atoms with Gasteiger partial charge in [0.1, 0.15) is 0 Å². The molecule has 0 saturated heterocycles. The van der Waals surface area contributed by atoms with Crippen LogP contribution in [0, 0.1) is 0 Å². The van der Waals surface area contributed by atoms with Gasteiger partial charge in [-0.05, 0) is 29.8 Å². The monoisotopic (exact) mass is 394 g/mol. The molecule has 2 aromatic heterocycles. The number of hydrogen-bond donors (Lipinski definition) is 0. The Labute approximate surface area is 175 Å². The van der Waals surface area contributed by atoms with Crippen LogP contribution >= 0.6 is 0 Å². The minimum atomic E-state index is -0.0784. The smallest absolute Gasteiger partial charge is 0.246 e. The maximum absolute atomic E-state index is 12.6. The zero-order valence-corrected chi connectivity index (χ0v) is 16.7. The highest BCUT2D eigenvalue weighted by molar-refractivity contribution is 5.92. The summed E-state index contributed by atoms with van der Waals surface area (Å²) in [5.74, 6) is -0.0784. The van der Waals surface area contributed by atoms with Crippen molar-refractivity contribution >= 4 is 12.0 Å². The van der Waals surface area contributed by atoms with Gasteiger partial charge in [0.05, 0.1) is 11.4 Å². The van der Waals surface area contributed by atoms with E-state index in [0.717, 1.165) is 28.1 Å². The molecule has 4 aromatic rings. The van der Waals surface area contributed by atoms with E-state index >= 15 is 0 Å². The van der Waals surface area contributed by atoms with E-state index in [4.69, 9.17) is 5.10 Å². The first-order valence-corrected chi connectivity index (χ1v) is 9.73. The van der Waals surface area contributed by atoms with E-state index < -0.39 is 0 Å². The molecule has 0 N–H and O–H groups in total. The van der Waals surface area contributed by atoms with Crippen molar-refractivity contribution < 1.29 is 4.79 Å². The molecule has 0 aliphatic heterocycles. The average Bonchev–Trinajstić information content (AvgIpc) is 3.23. The maximum atomic E-state index is 12.6. The van der Waals surface area contributed by atoms with Crippen LogP contribution in [0.15, 0.2) is 97.5 Å². The lowest BCUT2D eigenvalue weighted by Crippen LogP contribution is -2.24. The second kappa shape index (κ2) is 9.01. The lowest BCUT2D eigenvalue weighted by atomic mass is 10.1. The Kier molecular flexibility index (Phi) is 5.80. The van der Waals surface area contributed by atoms with E-state index in [-0.39, 0.29) is 5.91 Å². The number of nitrogens with zero attached hydrogens (tertiary/aromatic N) is 4. The van der Waals surface area contributed by atoms with Gasteiger partial charge >= 0.3 is 0 Å². The van der Waals surface area contributed by atoms with Crippen molar-refractivity contribution in [1.82, 2.24) is 19.7 Å². The molecule has 0 spiro atoms. The second-order valence-electron chi connectivity index (χ2n) is 6.97. The molecule has 0 aliphatic rings. The van der Waals surface area contributed by atoms with Crippen LogP contribution in [0.25, 0.3) is 23.0 Å². The number of aromatic nitrogens is 3. The zero-order chi connectivity index (χ0) is 20.8. The first-order chi connectivity index (χ1) is 14.7. The molecule has 1 amide bonds. The van der Waals surface area contributed by atoms with E-state index in [2.05, 4.69) is 4.98 Å². The maximum Gasteiger partial charge on any atom is 0.246 e. The number of amides is 1. The molecular weight excluding hydrogens is 372 g/mol. The summed E-state index contributed by atoms with van der Waals surface area (Å²) in [7, 11) is 1.78. The number of carbonyl (C=O) groups excluding carboxylic acids is 1.